The number of anilines is 1. The van der Waals surface area contributed by atoms with Crippen LogP contribution in [-0.2, 0) is 6.54 Å². The van der Waals surface area contributed by atoms with Gasteiger partial charge in [0.2, 0.25) is 11.9 Å². The highest BCUT2D eigenvalue weighted by atomic mass is 32.2. The van der Waals surface area contributed by atoms with Crippen LogP contribution < -0.4 is 10.2 Å². The van der Waals surface area contributed by atoms with Crippen molar-refractivity contribution in [2.45, 2.75) is 42.9 Å². The molecule has 3 aromatic rings. The molecule has 2 aromatic heterocycles. The normalized spacial score (nSPS) is 21.1. The Labute approximate surface area is 188 Å². The minimum Gasteiger partial charge on any atom is -0.292 e. The quantitative estimate of drug-likeness (QED) is 0.487. The number of hydrogen-bond donors (Lipinski definition) is 1. The highest BCUT2D eigenvalue weighted by molar-refractivity contribution is 7.98. The Hall–Kier alpha value is -3.20. The number of hydrogen-bond acceptors (Lipinski definition) is 6. The maximum Gasteiger partial charge on any atom is 0.264 e. The summed E-state index contributed by atoms with van der Waals surface area (Å²) in [4.78, 5) is 23.7. The highest BCUT2D eigenvalue weighted by Crippen LogP contribution is 2.40. The number of benzene rings is 1. The summed E-state index contributed by atoms with van der Waals surface area (Å²) in [6, 6.07) is 13.1. The first kappa shape index (κ1) is 19.5. The molecule has 1 fully saturated rings. The minimum atomic E-state index is -0.495. The molecule has 0 saturated heterocycles. The fourth-order valence-corrected chi connectivity index (χ4v) is 5.61. The lowest BCUT2D eigenvalue weighted by Gasteiger charge is -2.29. The Bertz CT molecular complexity index is 1250. The van der Waals surface area contributed by atoms with Crippen molar-refractivity contribution in [3.63, 3.8) is 0 Å². The second-order valence-electron chi connectivity index (χ2n) is 8.25. The van der Waals surface area contributed by atoms with Gasteiger partial charge in [-0.15, -0.1) is 11.8 Å². The first-order chi connectivity index (χ1) is 15.6. The third-order valence-corrected chi connectivity index (χ3v) is 7.15. The number of aromatic nitrogens is 3. The van der Waals surface area contributed by atoms with Gasteiger partial charge in [0, 0.05) is 5.56 Å². The molecule has 32 heavy (non-hydrogen) atoms. The van der Waals surface area contributed by atoms with E-state index in [1.807, 2.05) is 35.2 Å². The molecule has 9 heteroatoms. The van der Waals surface area contributed by atoms with E-state index in [1.54, 1.807) is 12.1 Å². The van der Waals surface area contributed by atoms with Crippen molar-refractivity contribution < 1.29 is 9.18 Å². The summed E-state index contributed by atoms with van der Waals surface area (Å²) in [7, 11) is 0. The monoisotopic (exact) mass is 448 g/mol. The zero-order chi connectivity index (χ0) is 21.8. The van der Waals surface area contributed by atoms with Gasteiger partial charge in [0.15, 0.2) is 5.82 Å². The molecule has 1 aromatic carbocycles. The molecule has 2 unspecified atom stereocenters. The summed E-state index contributed by atoms with van der Waals surface area (Å²) < 4.78 is 15.3. The first-order valence-corrected chi connectivity index (χ1v) is 11.9. The standard InChI is InChI=1S/C23H21FN6OS/c1-32-22-19-20(30-17-6-2-5-16(17)26-23(30)27-21(19)31)28-29(22)12-13-8-10-14(11-9-13)15-4-3-7-18(24)25-15/h3-4,7-11,16-17H,2,5-6,12H2,1H3,(H,26,27,31). The van der Waals surface area contributed by atoms with E-state index in [-0.39, 0.29) is 18.0 Å². The fraction of sp³-hybridized carbons (Fsp3) is 0.304. The lowest BCUT2D eigenvalue weighted by Crippen LogP contribution is -2.50. The van der Waals surface area contributed by atoms with Gasteiger partial charge in [-0.05, 0) is 43.2 Å². The minimum absolute atomic E-state index is 0.141. The number of thioether (sulfide) groups is 1. The number of amides is 1. The Kier molecular flexibility index (Phi) is 4.53. The van der Waals surface area contributed by atoms with Gasteiger partial charge in [0.25, 0.3) is 5.91 Å². The predicted molar refractivity (Wildman–Crippen MR) is 122 cm³/mol. The molecule has 0 bridgehead atoms. The number of nitrogens with zero attached hydrogens (tertiary/aromatic N) is 5. The van der Waals surface area contributed by atoms with Gasteiger partial charge in [0.1, 0.15) is 10.6 Å². The highest BCUT2D eigenvalue weighted by Gasteiger charge is 2.46. The second kappa shape index (κ2) is 7.44. The number of nitrogens with one attached hydrogen (secondary N) is 1. The van der Waals surface area contributed by atoms with Gasteiger partial charge in [-0.3, -0.25) is 19.7 Å². The molecule has 6 rings (SSSR count). The van der Waals surface area contributed by atoms with Crippen molar-refractivity contribution in [1.29, 1.82) is 0 Å². The summed E-state index contributed by atoms with van der Waals surface area (Å²) in [6.07, 6.45) is 5.22. The van der Waals surface area contributed by atoms with Crippen LogP contribution in [0.25, 0.3) is 11.3 Å². The first-order valence-electron chi connectivity index (χ1n) is 10.7. The molecule has 0 spiro atoms. The molecule has 1 N–H and O–H groups in total. The van der Waals surface area contributed by atoms with E-state index in [2.05, 4.69) is 15.2 Å². The number of rotatable bonds is 4. The Morgan fingerprint density at radius 1 is 1.19 bits per heavy atom. The molecular weight excluding hydrogens is 427 g/mol. The second-order valence-corrected chi connectivity index (χ2v) is 9.05. The number of guanidine groups is 1. The molecule has 1 amide bonds. The van der Waals surface area contributed by atoms with Crippen molar-refractivity contribution in [2.75, 3.05) is 11.2 Å². The van der Waals surface area contributed by atoms with E-state index >= 15 is 0 Å². The van der Waals surface area contributed by atoms with Gasteiger partial charge in [-0.2, -0.15) is 9.49 Å². The molecule has 4 heterocycles. The van der Waals surface area contributed by atoms with E-state index < -0.39 is 5.95 Å². The zero-order valence-corrected chi connectivity index (χ0v) is 18.3. The topological polar surface area (TPSA) is 75.4 Å². The summed E-state index contributed by atoms with van der Waals surface area (Å²) in [6.45, 7) is 0.529. The van der Waals surface area contributed by atoms with E-state index in [4.69, 9.17) is 10.1 Å². The number of halogens is 1. The van der Waals surface area contributed by atoms with Crippen LogP contribution in [0.3, 0.4) is 0 Å². The number of fused-ring (bicyclic) bond motifs is 5. The summed E-state index contributed by atoms with van der Waals surface area (Å²) >= 11 is 1.52. The molecule has 1 saturated carbocycles. The third-order valence-electron chi connectivity index (χ3n) is 6.35. The van der Waals surface area contributed by atoms with Crippen molar-refractivity contribution in [3.05, 3.63) is 59.5 Å². The molecule has 1 aliphatic carbocycles. The maximum atomic E-state index is 13.5. The largest absolute Gasteiger partial charge is 0.292 e. The third kappa shape index (κ3) is 3.02. The van der Waals surface area contributed by atoms with Crippen LogP contribution in [0.4, 0.5) is 10.2 Å². The van der Waals surface area contributed by atoms with Crippen molar-refractivity contribution in [3.8, 4) is 11.3 Å². The van der Waals surface area contributed by atoms with E-state index in [0.29, 0.717) is 29.6 Å². The molecule has 7 nitrogen and oxygen atoms in total. The zero-order valence-electron chi connectivity index (χ0n) is 17.5. The van der Waals surface area contributed by atoms with Gasteiger partial charge in [-0.25, -0.2) is 9.98 Å². The SMILES string of the molecule is CSc1c2c(nn1Cc1ccc(-c3cccc(F)n3)cc1)N1C(=NC3CCCC31)NC2=O. The molecule has 3 aliphatic rings. The van der Waals surface area contributed by atoms with Gasteiger partial charge < -0.3 is 0 Å². The Morgan fingerprint density at radius 2 is 2.03 bits per heavy atom. The Balaban J connectivity index is 1.33. The van der Waals surface area contributed by atoms with Crippen LogP contribution >= 0.6 is 11.8 Å². The number of pyridine rings is 1. The predicted octanol–water partition coefficient (Wildman–Crippen LogP) is 3.69. The van der Waals surface area contributed by atoms with Crippen LogP contribution in [0, 0.1) is 5.95 Å². The van der Waals surface area contributed by atoms with Crippen LogP contribution in [0.15, 0.2) is 52.5 Å². The van der Waals surface area contributed by atoms with Crippen LogP contribution in [0.1, 0.15) is 35.2 Å². The summed E-state index contributed by atoms with van der Waals surface area (Å²) in [5.41, 5.74) is 3.11. The van der Waals surface area contributed by atoms with Crippen molar-refractivity contribution >= 4 is 29.4 Å². The maximum absolute atomic E-state index is 13.5. The number of carbonyl (C=O) groups excluding carboxylic acids is 1. The van der Waals surface area contributed by atoms with Gasteiger partial charge >= 0.3 is 0 Å². The average molecular weight is 449 g/mol. The van der Waals surface area contributed by atoms with E-state index in [1.165, 1.54) is 17.8 Å². The van der Waals surface area contributed by atoms with Crippen LogP contribution in [-0.4, -0.2) is 45.0 Å². The summed E-state index contributed by atoms with van der Waals surface area (Å²) in [5.74, 6) is 0.720. The molecule has 2 atom stereocenters. The smallest absolute Gasteiger partial charge is 0.264 e. The lowest BCUT2D eigenvalue weighted by atomic mass is 10.1. The molecule has 0 radical (unpaired) electrons. The van der Waals surface area contributed by atoms with Crippen molar-refractivity contribution in [1.82, 2.24) is 20.1 Å². The van der Waals surface area contributed by atoms with E-state index in [0.717, 1.165) is 35.4 Å². The molecular formula is C23H21FN6OS. The van der Waals surface area contributed by atoms with Gasteiger partial charge in [0.05, 0.1) is 24.3 Å². The molecule has 162 valence electrons. The van der Waals surface area contributed by atoms with E-state index in [9.17, 15) is 9.18 Å². The number of aliphatic imine (C=N–C) groups is 1. The summed E-state index contributed by atoms with van der Waals surface area (Å²) in [5, 5.41) is 8.70. The number of carbonyl (C=O) groups is 1. The Morgan fingerprint density at radius 3 is 2.81 bits per heavy atom. The van der Waals surface area contributed by atoms with Gasteiger partial charge in [-0.1, -0.05) is 30.3 Å². The lowest BCUT2D eigenvalue weighted by molar-refractivity contribution is 0.0971. The average Bonchev–Trinajstić information content (AvgIpc) is 3.47. The van der Waals surface area contributed by atoms with Crippen molar-refractivity contribution in [2.24, 2.45) is 4.99 Å². The fourth-order valence-electron chi connectivity index (χ4n) is 4.90. The molecule has 2 aliphatic heterocycles. The van der Waals surface area contributed by atoms with Crippen LogP contribution in [0.2, 0.25) is 0 Å². The van der Waals surface area contributed by atoms with Crippen LogP contribution in [0.5, 0.6) is 0 Å².